The highest BCUT2D eigenvalue weighted by Gasteiger charge is 2.30. The number of rotatable bonds is 4. The molecule has 0 saturated heterocycles. The van der Waals surface area contributed by atoms with Gasteiger partial charge in [-0.3, -0.25) is 10.1 Å². The summed E-state index contributed by atoms with van der Waals surface area (Å²) < 4.78 is 0. The zero-order chi connectivity index (χ0) is 11.7. The second kappa shape index (κ2) is 4.26. The van der Waals surface area contributed by atoms with Gasteiger partial charge in [-0.25, -0.2) is 0 Å². The molecule has 0 aliphatic heterocycles. The Kier molecular flexibility index (Phi) is 2.97. The lowest BCUT2D eigenvalue weighted by Crippen LogP contribution is -2.31. The highest BCUT2D eigenvalue weighted by Crippen LogP contribution is 2.27. The summed E-state index contributed by atoms with van der Waals surface area (Å²) in [6.45, 7) is 3.93. The van der Waals surface area contributed by atoms with E-state index in [4.69, 9.17) is 0 Å². The molecule has 1 unspecified atom stereocenters. The molecule has 2 N–H and O–H groups in total. The van der Waals surface area contributed by atoms with Gasteiger partial charge in [0.15, 0.2) is 0 Å². The van der Waals surface area contributed by atoms with Crippen molar-refractivity contribution in [1.29, 1.82) is 0 Å². The summed E-state index contributed by atoms with van der Waals surface area (Å²) in [5, 5.41) is 12.5. The third kappa shape index (κ3) is 2.25. The first-order valence-electron chi connectivity index (χ1n) is 5.64. The highest BCUT2D eigenvalue weighted by molar-refractivity contribution is 5.76. The van der Waals surface area contributed by atoms with Gasteiger partial charge in [-0.05, 0) is 43.4 Å². The first kappa shape index (κ1) is 11.1. The van der Waals surface area contributed by atoms with Crippen LogP contribution in [-0.2, 0) is 4.79 Å². The molecule has 3 nitrogen and oxygen atoms in total. The predicted octanol–water partition coefficient (Wildman–Crippen LogP) is 2.18. The van der Waals surface area contributed by atoms with Gasteiger partial charge in [-0.2, -0.15) is 0 Å². The summed E-state index contributed by atoms with van der Waals surface area (Å²) in [6, 6.07) is 5.72. The van der Waals surface area contributed by atoms with Crippen LogP contribution in [0.1, 0.15) is 35.6 Å². The lowest BCUT2D eigenvalue weighted by Gasteiger charge is -2.19. The zero-order valence-electron chi connectivity index (χ0n) is 9.66. The molecule has 1 saturated carbocycles. The topological polar surface area (TPSA) is 49.3 Å². The van der Waals surface area contributed by atoms with E-state index in [1.54, 1.807) is 0 Å². The minimum absolute atomic E-state index is 0.389. The SMILES string of the molecule is Cc1cccc(C)c1C(NC1CC1)C(=O)O. The summed E-state index contributed by atoms with van der Waals surface area (Å²) >= 11 is 0. The highest BCUT2D eigenvalue weighted by atomic mass is 16.4. The van der Waals surface area contributed by atoms with Crippen molar-refractivity contribution in [3.05, 3.63) is 34.9 Å². The van der Waals surface area contributed by atoms with Gasteiger partial charge in [-0.15, -0.1) is 0 Å². The molecule has 1 aliphatic carbocycles. The maximum Gasteiger partial charge on any atom is 0.325 e. The summed E-state index contributed by atoms with van der Waals surface area (Å²) in [4.78, 5) is 11.3. The number of nitrogens with one attached hydrogen (secondary N) is 1. The molecule has 1 fully saturated rings. The average Bonchev–Trinajstić information content (AvgIpc) is 2.99. The molecule has 3 heteroatoms. The Morgan fingerprint density at radius 1 is 1.38 bits per heavy atom. The van der Waals surface area contributed by atoms with Crippen LogP contribution in [0.5, 0.6) is 0 Å². The van der Waals surface area contributed by atoms with Crippen molar-refractivity contribution in [3.8, 4) is 0 Å². The predicted molar refractivity (Wildman–Crippen MR) is 62.5 cm³/mol. The van der Waals surface area contributed by atoms with Crippen molar-refractivity contribution in [3.63, 3.8) is 0 Å². The molecule has 2 rings (SSSR count). The van der Waals surface area contributed by atoms with Gasteiger partial charge in [0.05, 0.1) is 0 Å². The molecule has 16 heavy (non-hydrogen) atoms. The molecule has 1 atom stereocenters. The van der Waals surface area contributed by atoms with E-state index < -0.39 is 12.0 Å². The number of carboxylic acid groups (broad SMARTS) is 1. The fraction of sp³-hybridized carbons (Fsp3) is 0.462. The number of hydrogen-bond donors (Lipinski definition) is 2. The Hall–Kier alpha value is -1.35. The summed E-state index contributed by atoms with van der Waals surface area (Å²) in [7, 11) is 0. The second-order valence-electron chi connectivity index (χ2n) is 4.52. The molecule has 1 aliphatic rings. The van der Waals surface area contributed by atoms with Crippen LogP contribution in [-0.4, -0.2) is 17.1 Å². The van der Waals surface area contributed by atoms with Gasteiger partial charge < -0.3 is 5.11 Å². The molecular weight excluding hydrogens is 202 g/mol. The standard InChI is InChI=1S/C13H17NO2/c1-8-4-3-5-9(2)11(8)12(13(15)16)14-10-6-7-10/h3-5,10,12,14H,6-7H2,1-2H3,(H,15,16). The quantitative estimate of drug-likeness (QED) is 0.816. The van der Waals surface area contributed by atoms with Crippen LogP contribution in [0.2, 0.25) is 0 Å². The maximum atomic E-state index is 11.3. The second-order valence-corrected chi connectivity index (χ2v) is 4.52. The van der Waals surface area contributed by atoms with Gasteiger partial charge in [0.2, 0.25) is 0 Å². The lowest BCUT2D eigenvalue weighted by atomic mass is 9.96. The van der Waals surface area contributed by atoms with Gasteiger partial charge in [0.1, 0.15) is 6.04 Å². The number of aliphatic carboxylic acids is 1. The molecule has 0 radical (unpaired) electrons. The van der Waals surface area contributed by atoms with E-state index in [2.05, 4.69) is 5.32 Å². The molecule has 0 heterocycles. The monoisotopic (exact) mass is 219 g/mol. The summed E-state index contributed by atoms with van der Waals surface area (Å²) in [5.41, 5.74) is 3.00. The van der Waals surface area contributed by atoms with Crippen molar-refractivity contribution in [2.24, 2.45) is 0 Å². The van der Waals surface area contributed by atoms with E-state index in [-0.39, 0.29) is 0 Å². The van der Waals surface area contributed by atoms with Crippen LogP contribution < -0.4 is 5.32 Å². The Morgan fingerprint density at radius 3 is 2.38 bits per heavy atom. The van der Waals surface area contributed by atoms with E-state index in [1.807, 2.05) is 32.0 Å². The van der Waals surface area contributed by atoms with Gasteiger partial charge in [-0.1, -0.05) is 18.2 Å². The first-order chi connectivity index (χ1) is 7.59. The largest absolute Gasteiger partial charge is 0.480 e. The fourth-order valence-corrected chi connectivity index (χ4v) is 2.05. The molecule has 0 spiro atoms. The van der Waals surface area contributed by atoms with Gasteiger partial charge in [0.25, 0.3) is 0 Å². The number of benzene rings is 1. The van der Waals surface area contributed by atoms with Crippen molar-refractivity contribution in [2.45, 2.75) is 38.8 Å². The van der Waals surface area contributed by atoms with Gasteiger partial charge in [0, 0.05) is 6.04 Å². The normalized spacial score (nSPS) is 17.1. The fourth-order valence-electron chi connectivity index (χ4n) is 2.05. The molecular formula is C13H17NO2. The third-order valence-electron chi connectivity index (χ3n) is 3.06. The maximum absolute atomic E-state index is 11.3. The third-order valence-corrected chi connectivity index (χ3v) is 3.06. The summed E-state index contributed by atoms with van der Waals surface area (Å²) in [5.74, 6) is -0.788. The van der Waals surface area contributed by atoms with Crippen LogP contribution in [0, 0.1) is 13.8 Å². The summed E-state index contributed by atoms with van der Waals surface area (Å²) in [6.07, 6.45) is 2.18. The molecule has 1 aromatic rings. The van der Waals surface area contributed by atoms with Crippen LogP contribution in [0.3, 0.4) is 0 Å². The van der Waals surface area contributed by atoms with Crippen molar-refractivity contribution in [2.75, 3.05) is 0 Å². The van der Waals surface area contributed by atoms with Crippen molar-refractivity contribution in [1.82, 2.24) is 5.32 Å². The van der Waals surface area contributed by atoms with Crippen molar-refractivity contribution < 1.29 is 9.90 Å². The number of carboxylic acids is 1. The molecule has 0 aromatic heterocycles. The molecule has 1 aromatic carbocycles. The smallest absolute Gasteiger partial charge is 0.325 e. The van der Waals surface area contributed by atoms with E-state index in [9.17, 15) is 9.90 Å². The minimum atomic E-state index is -0.788. The van der Waals surface area contributed by atoms with E-state index in [1.165, 1.54) is 0 Å². The molecule has 86 valence electrons. The minimum Gasteiger partial charge on any atom is -0.480 e. The van der Waals surface area contributed by atoms with Crippen LogP contribution in [0.15, 0.2) is 18.2 Å². The van der Waals surface area contributed by atoms with Gasteiger partial charge >= 0.3 is 5.97 Å². The van der Waals surface area contributed by atoms with E-state index >= 15 is 0 Å². The Morgan fingerprint density at radius 2 is 1.94 bits per heavy atom. The van der Waals surface area contributed by atoms with E-state index in [0.29, 0.717) is 6.04 Å². The Balaban J connectivity index is 2.33. The average molecular weight is 219 g/mol. The molecule has 0 amide bonds. The van der Waals surface area contributed by atoms with Crippen LogP contribution in [0.4, 0.5) is 0 Å². The van der Waals surface area contributed by atoms with E-state index in [0.717, 1.165) is 29.5 Å². The molecule has 0 bridgehead atoms. The lowest BCUT2D eigenvalue weighted by molar-refractivity contribution is -0.139. The first-order valence-corrected chi connectivity index (χ1v) is 5.64. The van der Waals surface area contributed by atoms with Crippen LogP contribution in [0.25, 0.3) is 0 Å². The number of carbonyl (C=O) groups is 1. The number of hydrogen-bond acceptors (Lipinski definition) is 2. The number of aryl methyl sites for hydroxylation is 2. The zero-order valence-corrected chi connectivity index (χ0v) is 9.66. The Bertz CT molecular complexity index is 390. The van der Waals surface area contributed by atoms with Crippen LogP contribution >= 0.6 is 0 Å². The van der Waals surface area contributed by atoms with Crippen molar-refractivity contribution >= 4 is 5.97 Å². The Labute approximate surface area is 95.5 Å².